The second kappa shape index (κ2) is 8.44. The van der Waals surface area contributed by atoms with Gasteiger partial charge in [-0.3, -0.25) is 0 Å². The van der Waals surface area contributed by atoms with Gasteiger partial charge < -0.3 is 19.1 Å². The fourth-order valence-electron chi connectivity index (χ4n) is 2.71. The van der Waals surface area contributed by atoms with Crippen molar-refractivity contribution in [3.63, 3.8) is 0 Å². The zero-order valence-electron chi connectivity index (χ0n) is 15.8. The SMILES string of the molecule is C[C@H](Oc1ccc(F)cc1)C(=O)OC/C(O)=C(\C#N)c1nc2ccccc2n1C. The molecule has 2 aromatic carbocycles. The van der Waals surface area contributed by atoms with Crippen molar-refractivity contribution in [3.05, 3.63) is 65.9 Å². The minimum atomic E-state index is -0.991. The summed E-state index contributed by atoms with van der Waals surface area (Å²) in [6, 6.07) is 14.4. The molecule has 0 unspecified atom stereocenters. The topological polar surface area (TPSA) is 97.4 Å². The third-order valence-electron chi connectivity index (χ3n) is 4.22. The summed E-state index contributed by atoms with van der Waals surface area (Å²) >= 11 is 0. The molecule has 29 heavy (non-hydrogen) atoms. The van der Waals surface area contributed by atoms with Gasteiger partial charge in [-0.2, -0.15) is 5.26 Å². The van der Waals surface area contributed by atoms with Crippen molar-refractivity contribution in [2.24, 2.45) is 7.05 Å². The first-order valence-electron chi connectivity index (χ1n) is 8.73. The van der Waals surface area contributed by atoms with E-state index in [1.165, 1.54) is 31.2 Å². The number of imidazole rings is 1. The summed E-state index contributed by atoms with van der Waals surface area (Å²) in [4.78, 5) is 16.5. The van der Waals surface area contributed by atoms with Crippen LogP contribution in [-0.4, -0.2) is 33.3 Å². The number of benzene rings is 2. The Hall–Kier alpha value is -3.86. The van der Waals surface area contributed by atoms with Crippen LogP contribution in [0.4, 0.5) is 4.39 Å². The molecule has 1 aromatic heterocycles. The molecule has 3 rings (SSSR count). The van der Waals surface area contributed by atoms with Crippen LogP contribution in [0.1, 0.15) is 12.7 Å². The highest BCUT2D eigenvalue weighted by molar-refractivity contribution is 5.84. The maximum Gasteiger partial charge on any atom is 0.347 e. The first-order chi connectivity index (χ1) is 13.9. The highest BCUT2D eigenvalue weighted by Gasteiger charge is 2.20. The van der Waals surface area contributed by atoms with Crippen molar-refractivity contribution in [2.75, 3.05) is 6.61 Å². The summed E-state index contributed by atoms with van der Waals surface area (Å²) in [6.45, 7) is 0.950. The minimum absolute atomic E-state index is 0.0939. The molecule has 1 atom stereocenters. The molecule has 3 aromatic rings. The highest BCUT2D eigenvalue weighted by Crippen LogP contribution is 2.22. The van der Waals surface area contributed by atoms with E-state index in [1.54, 1.807) is 17.7 Å². The monoisotopic (exact) mass is 395 g/mol. The number of hydrogen-bond donors (Lipinski definition) is 1. The van der Waals surface area contributed by atoms with E-state index in [0.29, 0.717) is 11.3 Å². The van der Waals surface area contributed by atoms with Crippen molar-refractivity contribution in [3.8, 4) is 11.8 Å². The summed E-state index contributed by atoms with van der Waals surface area (Å²) < 4.78 is 25.0. The number of esters is 1. The third-order valence-corrected chi connectivity index (χ3v) is 4.22. The fraction of sp³-hybridized carbons (Fsp3) is 0.190. The first kappa shape index (κ1) is 19.9. The Balaban J connectivity index is 1.71. The van der Waals surface area contributed by atoms with Gasteiger partial charge in [0.1, 0.15) is 29.8 Å². The number of aliphatic hydroxyl groups is 1. The van der Waals surface area contributed by atoms with E-state index in [0.717, 1.165) is 5.52 Å². The summed E-state index contributed by atoms with van der Waals surface area (Å²) in [6.07, 6.45) is -0.991. The normalized spacial score (nSPS) is 12.8. The number of para-hydroxylation sites is 2. The Labute approximate surface area is 166 Å². The number of nitrogens with zero attached hydrogens (tertiary/aromatic N) is 3. The maximum absolute atomic E-state index is 12.9. The lowest BCUT2D eigenvalue weighted by Gasteiger charge is -2.14. The molecular formula is C21H18FN3O4. The largest absolute Gasteiger partial charge is 0.507 e. The molecule has 1 N–H and O–H groups in total. The summed E-state index contributed by atoms with van der Waals surface area (Å²) in [5, 5.41) is 19.8. The number of aliphatic hydroxyl groups excluding tert-OH is 1. The van der Waals surface area contributed by atoms with Gasteiger partial charge in [0.05, 0.1) is 11.0 Å². The number of ether oxygens (including phenoxy) is 2. The van der Waals surface area contributed by atoms with Crippen LogP contribution in [0.2, 0.25) is 0 Å². The van der Waals surface area contributed by atoms with Gasteiger partial charge in [0, 0.05) is 7.05 Å². The van der Waals surface area contributed by atoms with Crippen molar-refractivity contribution in [1.29, 1.82) is 5.26 Å². The lowest BCUT2D eigenvalue weighted by molar-refractivity contribution is -0.150. The summed E-state index contributed by atoms with van der Waals surface area (Å²) in [5.74, 6) is -1.03. The number of allylic oxidation sites excluding steroid dienone is 1. The quantitative estimate of drug-likeness (QED) is 0.390. The van der Waals surface area contributed by atoms with E-state index >= 15 is 0 Å². The molecule has 0 radical (unpaired) electrons. The molecule has 0 spiro atoms. The molecule has 8 heteroatoms. The van der Waals surface area contributed by atoms with E-state index in [4.69, 9.17) is 9.47 Å². The van der Waals surface area contributed by atoms with E-state index in [1.807, 2.05) is 24.3 Å². The van der Waals surface area contributed by atoms with E-state index < -0.39 is 30.3 Å². The first-order valence-corrected chi connectivity index (χ1v) is 8.73. The number of halogens is 1. The van der Waals surface area contributed by atoms with Gasteiger partial charge in [-0.15, -0.1) is 0 Å². The number of carbonyl (C=O) groups excluding carboxylic acids is 1. The fourth-order valence-corrected chi connectivity index (χ4v) is 2.71. The molecular weight excluding hydrogens is 377 g/mol. The molecule has 148 valence electrons. The van der Waals surface area contributed by atoms with Crippen LogP contribution < -0.4 is 4.74 Å². The lowest BCUT2D eigenvalue weighted by atomic mass is 10.2. The maximum atomic E-state index is 12.9. The lowest BCUT2D eigenvalue weighted by Crippen LogP contribution is -2.27. The smallest absolute Gasteiger partial charge is 0.347 e. The van der Waals surface area contributed by atoms with Crippen molar-refractivity contribution < 1.29 is 23.8 Å². The van der Waals surface area contributed by atoms with Crippen LogP contribution in [0, 0.1) is 17.1 Å². The number of carbonyl (C=O) groups is 1. The van der Waals surface area contributed by atoms with Gasteiger partial charge in [-0.1, -0.05) is 12.1 Å². The number of aryl methyl sites for hydroxylation is 1. The molecule has 0 aliphatic rings. The van der Waals surface area contributed by atoms with Gasteiger partial charge in [-0.05, 0) is 43.3 Å². The predicted molar refractivity (Wildman–Crippen MR) is 103 cm³/mol. The highest BCUT2D eigenvalue weighted by atomic mass is 19.1. The molecule has 0 saturated heterocycles. The van der Waals surface area contributed by atoms with E-state index in [2.05, 4.69) is 4.98 Å². The zero-order valence-corrected chi connectivity index (χ0v) is 15.8. The molecule has 7 nitrogen and oxygen atoms in total. The number of aromatic nitrogens is 2. The number of hydrogen-bond acceptors (Lipinski definition) is 6. The van der Waals surface area contributed by atoms with Crippen LogP contribution in [0.5, 0.6) is 5.75 Å². The van der Waals surface area contributed by atoms with E-state index in [9.17, 15) is 19.6 Å². The molecule has 0 aliphatic carbocycles. The standard InChI is InChI=1S/C21H18FN3O4/c1-13(29-15-9-7-14(22)8-10-15)21(27)28-12-19(26)16(11-23)20-24-17-5-3-4-6-18(17)25(20)2/h3-10,13,26H,12H2,1-2H3/b19-16-/t13-/m0/s1. The average Bonchev–Trinajstić information content (AvgIpc) is 3.05. The van der Waals surface area contributed by atoms with Crippen LogP contribution >= 0.6 is 0 Å². The van der Waals surface area contributed by atoms with Gasteiger partial charge in [0.2, 0.25) is 0 Å². The molecule has 1 heterocycles. The van der Waals surface area contributed by atoms with Gasteiger partial charge in [-0.25, -0.2) is 14.2 Å². The van der Waals surface area contributed by atoms with Crippen LogP contribution in [0.15, 0.2) is 54.3 Å². The second-order valence-corrected chi connectivity index (χ2v) is 6.24. The molecule has 0 saturated carbocycles. The third kappa shape index (κ3) is 4.35. The van der Waals surface area contributed by atoms with Gasteiger partial charge >= 0.3 is 5.97 Å². The predicted octanol–water partition coefficient (Wildman–Crippen LogP) is 3.52. The van der Waals surface area contributed by atoms with Gasteiger partial charge in [0.15, 0.2) is 17.7 Å². The summed E-state index contributed by atoms with van der Waals surface area (Å²) in [7, 11) is 1.72. The van der Waals surface area contributed by atoms with E-state index in [-0.39, 0.29) is 11.4 Å². The van der Waals surface area contributed by atoms with Crippen LogP contribution in [0.25, 0.3) is 16.6 Å². The van der Waals surface area contributed by atoms with Crippen molar-refractivity contribution in [2.45, 2.75) is 13.0 Å². The Morgan fingerprint density at radius 3 is 2.62 bits per heavy atom. The average molecular weight is 395 g/mol. The summed E-state index contributed by atoms with van der Waals surface area (Å²) in [5.41, 5.74) is 1.37. The Morgan fingerprint density at radius 1 is 1.28 bits per heavy atom. The van der Waals surface area contributed by atoms with Crippen LogP contribution in [-0.2, 0) is 16.6 Å². The van der Waals surface area contributed by atoms with Crippen molar-refractivity contribution in [1.82, 2.24) is 9.55 Å². The zero-order chi connectivity index (χ0) is 21.0. The molecule has 0 bridgehead atoms. The number of fused-ring (bicyclic) bond motifs is 1. The molecule has 0 aliphatic heterocycles. The van der Waals surface area contributed by atoms with Gasteiger partial charge in [0.25, 0.3) is 0 Å². The minimum Gasteiger partial charge on any atom is -0.507 e. The molecule has 0 amide bonds. The Morgan fingerprint density at radius 2 is 1.97 bits per heavy atom. The Bertz CT molecular complexity index is 1110. The van der Waals surface area contributed by atoms with Crippen LogP contribution in [0.3, 0.4) is 0 Å². The van der Waals surface area contributed by atoms with Crippen molar-refractivity contribution >= 4 is 22.6 Å². The Kier molecular flexibility index (Phi) is 5.79. The second-order valence-electron chi connectivity index (χ2n) is 6.24. The number of nitriles is 1. The molecule has 0 fully saturated rings. The number of rotatable bonds is 6.